The maximum absolute atomic E-state index is 13.2. The number of hydrogen-bond donors (Lipinski definition) is 1. The molecule has 0 saturated carbocycles. The fraction of sp³-hybridized carbons (Fsp3) is 0.333. The SMILES string of the molecule is CC(Cc1ccsc1)NC(c1ccccc1)C(F)(F)F. The van der Waals surface area contributed by atoms with Gasteiger partial charge in [0.15, 0.2) is 0 Å². The van der Waals surface area contributed by atoms with Crippen molar-refractivity contribution >= 4 is 11.3 Å². The first-order chi connectivity index (χ1) is 9.47. The molecular formula is C15H16F3NS. The van der Waals surface area contributed by atoms with Crippen LogP contribution < -0.4 is 5.32 Å². The molecule has 1 aromatic carbocycles. The lowest BCUT2D eigenvalue weighted by Crippen LogP contribution is -2.40. The highest BCUT2D eigenvalue weighted by atomic mass is 32.1. The summed E-state index contributed by atoms with van der Waals surface area (Å²) in [5.41, 5.74) is 1.31. The quantitative estimate of drug-likeness (QED) is 0.852. The summed E-state index contributed by atoms with van der Waals surface area (Å²) >= 11 is 1.55. The Balaban J connectivity index is 2.09. The van der Waals surface area contributed by atoms with E-state index in [9.17, 15) is 13.2 Å². The maximum Gasteiger partial charge on any atom is 0.407 e. The Labute approximate surface area is 120 Å². The van der Waals surface area contributed by atoms with Crippen LogP contribution in [0.4, 0.5) is 13.2 Å². The van der Waals surface area contributed by atoms with Gasteiger partial charge in [-0.15, -0.1) is 0 Å². The lowest BCUT2D eigenvalue weighted by molar-refractivity contribution is -0.159. The minimum absolute atomic E-state index is 0.247. The van der Waals surface area contributed by atoms with Crippen LogP contribution in [-0.4, -0.2) is 12.2 Å². The van der Waals surface area contributed by atoms with E-state index in [2.05, 4.69) is 5.32 Å². The molecule has 0 fully saturated rings. The minimum atomic E-state index is -4.30. The molecule has 0 bridgehead atoms. The largest absolute Gasteiger partial charge is 0.407 e. The fourth-order valence-corrected chi connectivity index (χ4v) is 2.81. The van der Waals surface area contributed by atoms with Crippen LogP contribution in [0.15, 0.2) is 47.2 Å². The Hall–Kier alpha value is -1.33. The smallest absolute Gasteiger partial charge is 0.300 e. The molecule has 1 heterocycles. The third-order valence-corrected chi connectivity index (χ3v) is 3.77. The highest BCUT2D eigenvalue weighted by Crippen LogP contribution is 2.33. The van der Waals surface area contributed by atoms with Crippen molar-refractivity contribution in [2.75, 3.05) is 0 Å². The van der Waals surface area contributed by atoms with Gasteiger partial charge in [0.1, 0.15) is 6.04 Å². The molecule has 1 N–H and O–H groups in total. The van der Waals surface area contributed by atoms with Gasteiger partial charge >= 0.3 is 6.18 Å². The summed E-state index contributed by atoms with van der Waals surface area (Å²) in [5, 5.41) is 6.58. The molecule has 0 saturated heterocycles. The summed E-state index contributed by atoms with van der Waals surface area (Å²) in [6, 6.07) is 8.03. The highest BCUT2D eigenvalue weighted by molar-refractivity contribution is 7.07. The number of alkyl halides is 3. The molecule has 0 amide bonds. The molecule has 2 atom stereocenters. The van der Waals surface area contributed by atoms with Crippen molar-refractivity contribution in [2.24, 2.45) is 0 Å². The average molecular weight is 299 g/mol. The van der Waals surface area contributed by atoms with Gasteiger partial charge in [-0.05, 0) is 41.3 Å². The van der Waals surface area contributed by atoms with Crippen molar-refractivity contribution in [3.8, 4) is 0 Å². The van der Waals surface area contributed by atoms with E-state index in [4.69, 9.17) is 0 Å². The van der Waals surface area contributed by atoms with Gasteiger partial charge in [0.2, 0.25) is 0 Å². The summed E-state index contributed by atoms with van der Waals surface area (Å²) in [6.45, 7) is 1.78. The predicted octanol–water partition coefficient (Wildman–Crippen LogP) is 4.57. The monoisotopic (exact) mass is 299 g/mol. The van der Waals surface area contributed by atoms with Crippen LogP contribution in [0, 0.1) is 0 Å². The van der Waals surface area contributed by atoms with E-state index in [1.165, 1.54) is 12.1 Å². The molecule has 1 aromatic heterocycles. The van der Waals surface area contributed by atoms with Crippen molar-refractivity contribution in [1.82, 2.24) is 5.32 Å². The van der Waals surface area contributed by atoms with Crippen LogP contribution >= 0.6 is 11.3 Å². The zero-order valence-electron chi connectivity index (χ0n) is 11.0. The van der Waals surface area contributed by atoms with E-state index < -0.39 is 12.2 Å². The second kappa shape index (κ2) is 6.41. The van der Waals surface area contributed by atoms with E-state index >= 15 is 0 Å². The molecule has 0 radical (unpaired) electrons. The van der Waals surface area contributed by atoms with Gasteiger partial charge < -0.3 is 0 Å². The number of thiophene rings is 1. The second-order valence-corrected chi connectivity index (χ2v) is 5.57. The minimum Gasteiger partial charge on any atom is -0.300 e. The molecule has 1 nitrogen and oxygen atoms in total. The van der Waals surface area contributed by atoms with Gasteiger partial charge in [0.05, 0.1) is 0 Å². The first-order valence-corrected chi connectivity index (χ1v) is 7.30. The molecule has 2 unspecified atom stereocenters. The van der Waals surface area contributed by atoms with Crippen LogP contribution in [0.5, 0.6) is 0 Å². The van der Waals surface area contributed by atoms with Gasteiger partial charge in [-0.25, -0.2) is 0 Å². The Morgan fingerprint density at radius 2 is 1.85 bits per heavy atom. The lowest BCUT2D eigenvalue weighted by atomic mass is 10.0. The van der Waals surface area contributed by atoms with Crippen molar-refractivity contribution in [3.63, 3.8) is 0 Å². The Morgan fingerprint density at radius 1 is 1.15 bits per heavy atom. The number of hydrogen-bond acceptors (Lipinski definition) is 2. The molecule has 0 aliphatic heterocycles. The van der Waals surface area contributed by atoms with Gasteiger partial charge in [-0.2, -0.15) is 24.5 Å². The summed E-state index contributed by atoms with van der Waals surface area (Å²) in [7, 11) is 0. The van der Waals surface area contributed by atoms with Crippen LogP contribution in [-0.2, 0) is 6.42 Å². The number of benzene rings is 1. The average Bonchev–Trinajstić information content (AvgIpc) is 2.88. The van der Waals surface area contributed by atoms with Crippen molar-refractivity contribution in [3.05, 3.63) is 58.3 Å². The normalized spacial score (nSPS) is 15.0. The number of nitrogens with one attached hydrogen (secondary N) is 1. The standard InChI is InChI=1S/C15H16F3NS/c1-11(9-12-7-8-20-10-12)19-14(15(16,17)18)13-5-3-2-4-6-13/h2-8,10-11,14,19H,9H2,1H3. The van der Waals surface area contributed by atoms with E-state index in [0.717, 1.165) is 5.56 Å². The van der Waals surface area contributed by atoms with Crippen LogP contribution in [0.25, 0.3) is 0 Å². The van der Waals surface area contributed by atoms with Gasteiger partial charge in [0, 0.05) is 6.04 Å². The predicted molar refractivity (Wildman–Crippen MR) is 75.9 cm³/mol. The van der Waals surface area contributed by atoms with Crippen molar-refractivity contribution in [1.29, 1.82) is 0 Å². The van der Waals surface area contributed by atoms with Crippen LogP contribution in [0.1, 0.15) is 24.1 Å². The summed E-state index contributed by atoms with van der Waals surface area (Å²) in [5.74, 6) is 0. The number of halogens is 3. The maximum atomic E-state index is 13.2. The first-order valence-electron chi connectivity index (χ1n) is 6.35. The lowest BCUT2D eigenvalue weighted by Gasteiger charge is -2.25. The van der Waals surface area contributed by atoms with Gasteiger partial charge in [-0.3, -0.25) is 5.32 Å². The molecule has 0 aliphatic carbocycles. The summed E-state index contributed by atoms with van der Waals surface area (Å²) in [6.07, 6.45) is -3.72. The Morgan fingerprint density at radius 3 is 2.40 bits per heavy atom. The van der Waals surface area contributed by atoms with Crippen LogP contribution in [0.3, 0.4) is 0 Å². The molecule has 108 valence electrons. The topological polar surface area (TPSA) is 12.0 Å². The molecule has 2 rings (SSSR count). The Kier molecular flexibility index (Phi) is 4.83. The summed E-state index contributed by atoms with van der Waals surface area (Å²) < 4.78 is 39.6. The van der Waals surface area contributed by atoms with E-state index in [1.807, 2.05) is 16.8 Å². The zero-order chi connectivity index (χ0) is 14.6. The fourth-order valence-electron chi connectivity index (χ4n) is 2.13. The molecule has 2 aromatic rings. The molecule has 20 heavy (non-hydrogen) atoms. The third kappa shape index (κ3) is 4.08. The first kappa shape index (κ1) is 15.1. The zero-order valence-corrected chi connectivity index (χ0v) is 11.8. The van der Waals surface area contributed by atoms with E-state index in [0.29, 0.717) is 6.42 Å². The third-order valence-electron chi connectivity index (χ3n) is 3.03. The van der Waals surface area contributed by atoms with E-state index in [-0.39, 0.29) is 11.6 Å². The van der Waals surface area contributed by atoms with Crippen molar-refractivity contribution < 1.29 is 13.2 Å². The van der Waals surface area contributed by atoms with Crippen LogP contribution in [0.2, 0.25) is 0 Å². The van der Waals surface area contributed by atoms with Gasteiger partial charge in [-0.1, -0.05) is 30.3 Å². The van der Waals surface area contributed by atoms with Gasteiger partial charge in [0.25, 0.3) is 0 Å². The van der Waals surface area contributed by atoms with Crippen molar-refractivity contribution in [2.45, 2.75) is 31.6 Å². The molecular weight excluding hydrogens is 283 g/mol. The molecule has 0 spiro atoms. The summed E-state index contributed by atoms with van der Waals surface area (Å²) in [4.78, 5) is 0. The highest BCUT2D eigenvalue weighted by Gasteiger charge is 2.41. The molecule has 0 aliphatic rings. The van der Waals surface area contributed by atoms with E-state index in [1.54, 1.807) is 36.5 Å². The number of rotatable bonds is 5. The second-order valence-electron chi connectivity index (χ2n) is 4.79. The molecule has 5 heteroatoms. The Bertz CT molecular complexity index is 508.